The average molecular weight is 452 g/mol. The van der Waals surface area contributed by atoms with Crippen molar-refractivity contribution in [2.24, 2.45) is 4.99 Å². The lowest BCUT2D eigenvalue weighted by atomic mass is 10.1. The van der Waals surface area contributed by atoms with Crippen LogP contribution in [-0.4, -0.2) is 33.6 Å². The van der Waals surface area contributed by atoms with Gasteiger partial charge in [0.05, 0.1) is 0 Å². The topological polar surface area (TPSA) is 39.7 Å². The standard InChI is InChI=1S/C20H28N4.HI/c1-16-5-7-18(8-6-16)15-23-20(21-2)22-14-13-17-9-11-19(12-10-17)24(3)4;/h5-12H,13-15H2,1-4H3,(H2,21,22,23);1H. The molecule has 0 unspecified atom stereocenters. The number of aryl methyl sites for hydroxylation is 1. The molecule has 4 nitrogen and oxygen atoms in total. The number of benzene rings is 2. The van der Waals surface area contributed by atoms with Crippen molar-refractivity contribution in [3.63, 3.8) is 0 Å². The molecule has 0 aromatic heterocycles. The van der Waals surface area contributed by atoms with E-state index >= 15 is 0 Å². The van der Waals surface area contributed by atoms with Crippen molar-refractivity contribution in [2.45, 2.75) is 19.9 Å². The van der Waals surface area contributed by atoms with Crippen molar-refractivity contribution in [3.8, 4) is 0 Å². The van der Waals surface area contributed by atoms with Crippen molar-refractivity contribution >= 4 is 35.6 Å². The third kappa shape index (κ3) is 7.34. The Morgan fingerprint density at radius 2 is 1.52 bits per heavy atom. The van der Waals surface area contributed by atoms with Gasteiger partial charge in [-0.2, -0.15) is 0 Å². The molecular formula is C20H29IN4. The van der Waals surface area contributed by atoms with Crippen LogP contribution in [0.2, 0.25) is 0 Å². The highest BCUT2D eigenvalue weighted by Gasteiger charge is 2.00. The average Bonchev–Trinajstić information content (AvgIpc) is 2.59. The van der Waals surface area contributed by atoms with Gasteiger partial charge in [-0.3, -0.25) is 4.99 Å². The van der Waals surface area contributed by atoms with E-state index in [1.807, 2.05) is 0 Å². The first-order chi connectivity index (χ1) is 11.6. The zero-order valence-electron chi connectivity index (χ0n) is 15.5. The Bertz CT molecular complexity index is 648. The molecule has 2 aromatic rings. The Morgan fingerprint density at radius 3 is 2.08 bits per heavy atom. The highest BCUT2D eigenvalue weighted by Crippen LogP contribution is 2.12. The van der Waals surface area contributed by atoms with Crippen molar-refractivity contribution < 1.29 is 0 Å². The van der Waals surface area contributed by atoms with Crippen molar-refractivity contribution in [1.29, 1.82) is 0 Å². The van der Waals surface area contributed by atoms with Gasteiger partial charge < -0.3 is 15.5 Å². The van der Waals surface area contributed by atoms with Gasteiger partial charge in [0.2, 0.25) is 0 Å². The molecule has 5 heteroatoms. The Labute approximate surface area is 168 Å². The number of aliphatic imine (C=N–C) groups is 1. The van der Waals surface area contributed by atoms with Crippen LogP contribution in [0, 0.1) is 6.92 Å². The minimum atomic E-state index is 0. The molecule has 0 saturated carbocycles. The summed E-state index contributed by atoms with van der Waals surface area (Å²) in [4.78, 5) is 6.39. The van der Waals surface area contributed by atoms with Crippen molar-refractivity contribution in [3.05, 3.63) is 65.2 Å². The molecule has 0 fully saturated rings. The van der Waals surface area contributed by atoms with Crippen LogP contribution < -0.4 is 15.5 Å². The van der Waals surface area contributed by atoms with Gasteiger partial charge in [0.1, 0.15) is 0 Å². The lowest BCUT2D eigenvalue weighted by Gasteiger charge is -2.14. The van der Waals surface area contributed by atoms with Gasteiger partial charge >= 0.3 is 0 Å². The first-order valence-electron chi connectivity index (χ1n) is 8.35. The molecule has 0 amide bonds. The molecule has 0 aliphatic heterocycles. The van der Waals surface area contributed by atoms with E-state index < -0.39 is 0 Å². The van der Waals surface area contributed by atoms with Gasteiger partial charge in [0.15, 0.2) is 5.96 Å². The second-order valence-electron chi connectivity index (χ2n) is 6.15. The van der Waals surface area contributed by atoms with Crippen molar-refractivity contribution in [2.75, 3.05) is 32.6 Å². The molecule has 0 aliphatic rings. The van der Waals surface area contributed by atoms with Gasteiger partial charge in [-0.05, 0) is 36.6 Å². The normalized spacial score (nSPS) is 10.8. The number of halogens is 1. The summed E-state index contributed by atoms with van der Waals surface area (Å²) < 4.78 is 0. The summed E-state index contributed by atoms with van der Waals surface area (Å²) in [5.74, 6) is 0.834. The van der Waals surface area contributed by atoms with Crippen LogP contribution in [0.1, 0.15) is 16.7 Å². The maximum absolute atomic E-state index is 4.28. The van der Waals surface area contributed by atoms with Crippen LogP contribution in [0.3, 0.4) is 0 Å². The molecule has 136 valence electrons. The Balaban J connectivity index is 0.00000312. The molecule has 0 spiro atoms. The first-order valence-corrected chi connectivity index (χ1v) is 8.35. The number of guanidine groups is 1. The number of hydrogen-bond donors (Lipinski definition) is 2. The Kier molecular flexibility index (Phi) is 9.34. The van der Waals surface area contributed by atoms with Crippen LogP contribution in [0.4, 0.5) is 5.69 Å². The molecule has 0 atom stereocenters. The van der Waals surface area contributed by atoms with Gasteiger partial charge in [-0.15, -0.1) is 24.0 Å². The molecule has 0 heterocycles. The molecule has 0 radical (unpaired) electrons. The number of hydrogen-bond acceptors (Lipinski definition) is 2. The lowest BCUT2D eigenvalue weighted by molar-refractivity contribution is 0.794. The summed E-state index contributed by atoms with van der Waals surface area (Å²) in [5, 5.41) is 6.71. The van der Waals surface area contributed by atoms with Crippen LogP contribution in [0.25, 0.3) is 0 Å². The zero-order valence-corrected chi connectivity index (χ0v) is 17.9. The maximum Gasteiger partial charge on any atom is 0.191 e. The smallest absolute Gasteiger partial charge is 0.191 e. The predicted molar refractivity (Wildman–Crippen MR) is 119 cm³/mol. The third-order valence-electron chi connectivity index (χ3n) is 3.96. The van der Waals surface area contributed by atoms with E-state index in [4.69, 9.17) is 0 Å². The van der Waals surface area contributed by atoms with E-state index in [0.29, 0.717) is 0 Å². The quantitative estimate of drug-likeness (QED) is 0.400. The number of nitrogens with one attached hydrogen (secondary N) is 2. The fraction of sp³-hybridized carbons (Fsp3) is 0.350. The molecule has 2 N–H and O–H groups in total. The number of rotatable bonds is 6. The van der Waals surface area contributed by atoms with E-state index in [1.54, 1.807) is 7.05 Å². The monoisotopic (exact) mass is 452 g/mol. The molecule has 2 rings (SSSR count). The van der Waals surface area contributed by atoms with Crippen LogP contribution in [0.15, 0.2) is 53.5 Å². The fourth-order valence-corrected chi connectivity index (χ4v) is 2.40. The highest BCUT2D eigenvalue weighted by atomic mass is 127. The van der Waals surface area contributed by atoms with E-state index in [2.05, 4.69) is 90.1 Å². The zero-order chi connectivity index (χ0) is 17.4. The van der Waals surface area contributed by atoms with Gasteiger partial charge in [-0.25, -0.2) is 0 Å². The largest absolute Gasteiger partial charge is 0.378 e. The minimum Gasteiger partial charge on any atom is -0.378 e. The SMILES string of the molecule is CN=C(NCCc1ccc(N(C)C)cc1)NCc1ccc(C)cc1.I. The van der Waals surface area contributed by atoms with Gasteiger partial charge in [-0.1, -0.05) is 42.0 Å². The summed E-state index contributed by atoms with van der Waals surface area (Å²) >= 11 is 0. The maximum atomic E-state index is 4.28. The second-order valence-corrected chi connectivity index (χ2v) is 6.15. The summed E-state index contributed by atoms with van der Waals surface area (Å²) in [6.07, 6.45) is 0.971. The van der Waals surface area contributed by atoms with Crippen LogP contribution in [0.5, 0.6) is 0 Å². The van der Waals surface area contributed by atoms with Crippen LogP contribution in [-0.2, 0) is 13.0 Å². The van der Waals surface area contributed by atoms with Crippen LogP contribution >= 0.6 is 24.0 Å². The Morgan fingerprint density at radius 1 is 0.920 bits per heavy atom. The molecule has 2 aromatic carbocycles. The second kappa shape index (κ2) is 11.0. The third-order valence-corrected chi connectivity index (χ3v) is 3.96. The molecular weight excluding hydrogens is 423 g/mol. The molecule has 0 bridgehead atoms. The summed E-state index contributed by atoms with van der Waals surface area (Å²) in [6.45, 7) is 3.73. The van der Waals surface area contributed by atoms with Crippen molar-refractivity contribution in [1.82, 2.24) is 10.6 Å². The van der Waals surface area contributed by atoms with E-state index in [9.17, 15) is 0 Å². The Hall–Kier alpha value is -1.76. The summed E-state index contributed by atoms with van der Waals surface area (Å²) in [6, 6.07) is 17.2. The molecule has 0 saturated heterocycles. The predicted octanol–water partition coefficient (Wildman–Crippen LogP) is 3.59. The van der Waals surface area contributed by atoms with E-state index in [1.165, 1.54) is 22.4 Å². The lowest BCUT2D eigenvalue weighted by Crippen LogP contribution is -2.37. The molecule has 25 heavy (non-hydrogen) atoms. The van der Waals surface area contributed by atoms with E-state index in [-0.39, 0.29) is 24.0 Å². The number of anilines is 1. The minimum absolute atomic E-state index is 0. The number of nitrogens with zero attached hydrogens (tertiary/aromatic N) is 2. The van der Waals surface area contributed by atoms with E-state index in [0.717, 1.165) is 25.5 Å². The summed E-state index contributed by atoms with van der Waals surface area (Å²) in [7, 11) is 5.91. The first kappa shape index (κ1) is 21.3. The fourth-order valence-electron chi connectivity index (χ4n) is 2.40. The highest BCUT2D eigenvalue weighted by molar-refractivity contribution is 14.0. The van der Waals surface area contributed by atoms with Gasteiger partial charge in [0, 0.05) is 39.9 Å². The summed E-state index contributed by atoms with van der Waals surface area (Å²) in [5.41, 5.74) is 5.08. The molecule has 0 aliphatic carbocycles. The van der Waals surface area contributed by atoms with Gasteiger partial charge in [0.25, 0.3) is 0 Å².